The Morgan fingerprint density at radius 3 is 2.35 bits per heavy atom. The first kappa shape index (κ1) is 15.5. The highest BCUT2D eigenvalue weighted by molar-refractivity contribution is 5.28. The molecule has 1 fully saturated rings. The molecule has 2 atom stereocenters. The Morgan fingerprint density at radius 1 is 1.25 bits per heavy atom. The average molecular weight is 279 g/mol. The Balaban J connectivity index is 2.37. The van der Waals surface area contributed by atoms with Crippen LogP contribution in [0.3, 0.4) is 0 Å². The number of rotatable bonds is 3. The van der Waals surface area contributed by atoms with Crippen LogP contribution < -0.4 is 5.32 Å². The molecular formula is C17H26FNO. The molecule has 0 aromatic heterocycles. The first-order chi connectivity index (χ1) is 9.14. The Hall–Kier alpha value is -0.930. The van der Waals surface area contributed by atoms with Crippen molar-refractivity contribution in [1.29, 1.82) is 0 Å². The summed E-state index contributed by atoms with van der Waals surface area (Å²) in [7, 11) is 1.94. The number of nitrogens with one attached hydrogen (secondary N) is 1. The first-order valence-corrected chi connectivity index (χ1v) is 7.29. The second-order valence-corrected chi connectivity index (χ2v) is 7.10. The van der Waals surface area contributed by atoms with Crippen LogP contribution in [0.4, 0.5) is 4.39 Å². The van der Waals surface area contributed by atoms with Crippen molar-refractivity contribution in [3.63, 3.8) is 0 Å². The molecule has 20 heavy (non-hydrogen) atoms. The van der Waals surface area contributed by atoms with E-state index in [2.05, 4.69) is 39.1 Å². The van der Waals surface area contributed by atoms with Gasteiger partial charge in [-0.1, -0.05) is 6.07 Å². The standard InChI is InChI=1S/C17H26FNO/c1-11-7-12(9-13(18)8-11)15(19-6)14-10-16(2,3)20-17(14,4)5/h7-9,14-15,19H,10H2,1-6H3. The fourth-order valence-corrected chi connectivity index (χ4v) is 3.67. The summed E-state index contributed by atoms with van der Waals surface area (Å²) in [5.41, 5.74) is 1.60. The van der Waals surface area contributed by atoms with E-state index in [1.807, 2.05) is 14.0 Å². The number of hydrogen-bond acceptors (Lipinski definition) is 2. The lowest BCUT2D eigenvalue weighted by atomic mass is 9.78. The average Bonchev–Trinajstić information content (AvgIpc) is 2.46. The molecule has 0 amide bonds. The number of hydrogen-bond donors (Lipinski definition) is 1. The van der Waals surface area contributed by atoms with Gasteiger partial charge in [-0.2, -0.15) is 0 Å². The minimum Gasteiger partial charge on any atom is -0.369 e. The maximum Gasteiger partial charge on any atom is 0.123 e. The molecule has 1 heterocycles. The largest absolute Gasteiger partial charge is 0.369 e. The molecule has 2 unspecified atom stereocenters. The zero-order valence-corrected chi connectivity index (χ0v) is 13.4. The van der Waals surface area contributed by atoms with Gasteiger partial charge in [-0.3, -0.25) is 0 Å². The van der Waals surface area contributed by atoms with E-state index < -0.39 is 0 Å². The molecule has 2 nitrogen and oxygen atoms in total. The van der Waals surface area contributed by atoms with Crippen LogP contribution in [0.5, 0.6) is 0 Å². The zero-order valence-electron chi connectivity index (χ0n) is 13.4. The second-order valence-electron chi connectivity index (χ2n) is 7.10. The molecule has 1 aliphatic rings. The molecule has 1 aromatic rings. The number of halogens is 1. The predicted octanol–water partition coefficient (Wildman–Crippen LogP) is 3.99. The molecule has 1 N–H and O–H groups in total. The molecule has 3 heteroatoms. The summed E-state index contributed by atoms with van der Waals surface area (Å²) in [6.07, 6.45) is 0.959. The van der Waals surface area contributed by atoms with Crippen molar-refractivity contribution in [3.05, 3.63) is 35.1 Å². The molecule has 1 aliphatic heterocycles. The highest BCUT2D eigenvalue weighted by atomic mass is 19.1. The molecular weight excluding hydrogens is 253 g/mol. The van der Waals surface area contributed by atoms with Crippen molar-refractivity contribution < 1.29 is 9.13 Å². The maximum absolute atomic E-state index is 13.7. The summed E-state index contributed by atoms with van der Waals surface area (Å²) in [6, 6.07) is 5.36. The van der Waals surface area contributed by atoms with E-state index in [9.17, 15) is 4.39 Å². The van der Waals surface area contributed by atoms with Crippen LogP contribution in [0.2, 0.25) is 0 Å². The monoisotopic (exact) mass is 279 g/mol. The molecule has 1 aromatic carbocycles. The lowest BCUT2D eigenvalue weighted by Gasteiger charge is -2.33. The summed E-state index contributed by atoms with van der Waals surface area (Å²) >= 11 is 0. The fourth-order valence-electron chi connectivity index (χ4n) is 3.67. The number of benzene rings is 1. The SMILES string of the molecule is CNC(c1cc(C)cc(F)c1)C1CC(C)(C)OC1(C)C. The van der Waals surface area contributed by atoms with E-state index >= 15 is 0 Å². The molecule has 0 saturated carbocycles. The minimum absolute atomic E-state index is 0.0983. The van der Waals surface area contributed by atoms with Gasteiger partial charge in [0.25, 0.3) is 0 Å². The van der Waals surface area contributed by atoms with Gasteiger partial charge in [-0.15, -0.1) is 0 Å². The summed E-state index contributed by atoms with van der Waals surface area (Å²) in [5, 5.41) is 3.36. The third-order valence-corrected chi connectivity index (χ3v) is 4.28. The van der Waals surface area contributed by atoms with Gasteiger partial charge in [0, 0.05) is 12.0 Å². The summed E-state index contributed by atoms with van der Waals surface area (Å²) in [4.78, 5) is 0. The second kappa shape index (κ2) is 5.12. The van der Waals surface area contributed by atoms with Crippen molar-refractivity contribution in [2.45, 2.75) is 58.3 Å². The van der Waals surface area contributed by atoms with Crippen LogP contribution in [0.25, 0.3) is 0 Å². The normalized spacial score (nSPS) is 25.6. The van der Waals surface area contributed by atoms with Gasteiger partial charge in [-0.25, -0.2) is 4.39 Å². The van der Waals surface area contributed by atoms with Crippen LogP contribution in [0, 0.1) is 18.7 Å². The van der Waals surface area contributed by atoms with Crippen molar-refractivity contribution >= 4 is 0 Å². The van der Waals surface area contributed by atoms with Gasteiger partial charge >= 0.3 is 0 Å². The van der Waals surface area contributed by atoms with Crippen LogP contribution >= 0.6 is 0 Å². The van der Waals surface area contributed by atoms with Gasteiger partial charge in [0.2, 0.25) is 0 Å². The predicted molar refractivity (Wildman–Crippen MR) is 80.3 cm³/mol. The van der Waals surface area contributed by atoms with E-state index in [4.69, 9.17) is 4.74 Å². The van der Waals surface area contributed by atoms with Gasteiger partial charge in [-0.05, 0) is 71.3 Å². The third kappa shape index (κ3) is 3.04. The van der Waals surface area contributed by atoms with Crippen molar-refractivity contribution in [2.75, 3.05) is 7.05 Å². The van der Waals surface area contributed by atoms with Crippen LogP contribution in [0.15, 0.2) is 18.2 Å². The highest BCUT2D eigenvalue weighted by Gasteiger charge is 2.49. The minimum atomic E-state index is -0.225. The van der Waals surface area contributed by atoms with Crippen LogP contribution in [0.1, 0.15) is 51.3 Å². The van der Waals surface area contributed by atoms with Crippen molar-refractivity contribution in [3.8, 4) is 0 Å². The fraction of sp³-hybridized carbons (Fsp3) is 0.647. The highest BCUT2D eigenvalue weighted by Crippen LogP contribution is 2.47. The number of aryl methyl sites for hydroxylation is 1. The molecule has 0 bridgehead atoms. The van der Waals surface area contributed by atoms with Crippen molar-refractivity contribution in [1.82, 2.24) is 5.32 Å². The Kier molecular flexibility index (Phi) is 3.96. The molecule has 0 spiro atoms. The quantitative estimate of drug-likeness (QED) is 0.903. The van der Waals surface area contributed by atoms with Crippen molar-refractivity contribution in [2.24, 2.45) is 5.92 Å². The van der Waals surface area contributed by atoms with Gasteiger partial charge < -0.3 is 10.1 Å². The van der Waals surface area contributed by atoms with E-state index in [-0.39, 0.29) is 23.1 Å². The van der Waals surface area contributed by atoms with Gasteiger partial charge in [0.15, 0.2) is 0 Å². The van der Waals surface area contributed by atoms with E-state index in [0.717, 1.165) is 17.5 Å². The lowest BCUT2D eigenvalue weighted by molar-refractivity contribution is -0.0776. The van der Waals surface area contributed by atoms with E-state index in [1.165, 1.54) is 0 Å². The molecule has 0 radical (unpaired) electrons. The molecule has 112 valence electrons. The summed E-state index contributed by atoms with van der Waals surface area (Å²) in [5.74, 6) is 0.139. The van der Waals surface area contributed by atoms with Crippen LogP contribution in [-0.4, -0.2) is 18.2 Å². The molecule has 0 aliphatic carbocycles. The van der Waals surface area contributed by atoms with E-state index in [1.54, 1.807) is 12.1 Å². The van der Waals surface area contributed by atoms with Gasteiger partial charge in [0.1, 0.15) is 5.82 Å². The third-order valence-electron chi connectivity index (χ3n) is 4.28. The number of ether oxygens (including phenoxy) is 1. The summed E-state index contributed by atoms with van der Waals surface area (Å²) in [6.45, 7) is 10.4. The van der Waals surface area contributed by atoms with Crippen LogP contribution in [-0.2, 0) is 4.74 Å². The van der Waals surface area contributed by atoms with E-state index in [0.29, 0.717) is 5.92 Å². The maximum atomic E-state index is 13.7. The lowest BCUT2D eigenvalue weighted by Crippen LogP contribution is -2.37. The summed E-state index contributed by atoms with van der Waals surface area (Å²) < 4.78 is 19.9. The smallest absolute Gasteiger partial charge is 0.123 e. The Morgan fingerprint density at radius 2 is 1.90 bits per heavy atom. The Labute approximate surface area is 121 Å². The molecule has 1 saturated heterocycles. The Bertz CT molecular complexity index is 476. The topological polar surface area (TPSA) is 21.3 Å². The molecule has 2 rings (SSSR count). The van der Waals surface area contributed by atoms with Gasteiger partial charge in [0.05, 0.1) is 11.2 Å². The zero-order chi connectivity index (χ0) is 15.1. The first-order valence-electron chi connectivity index (χ1n) is 7.29.